The molecule has 0 fully saturated rings. The number of rotatable bonds is 2. The average Bonchev–Trinajstić information content (AvgIpc) is 2.70. The van der Waals surface area contributed by atoms with Crippen molar-refractivity contribution >= 4 is 11.6 Å². The number of aromatic nitrogens is 2. The van der Waals surface area contributed by atoms with E-state index in [9.17, 15) is 4.39 Å². The van der Waals surface area contributed by atoms with E-state index in [4.69, 9.17) is 16.1 Å². The Morgan fingerprint density at radius 2 is 2.19 bits per heavy atom. The van der Waals surface area contributed by atoms with Gasteiger partial charge in [-0.05, 0) is 31.5 Å². The summed E-state index contributed by atoms with van der Waals surface area (Å²) >= 11 is 5.82. The van der Waals surface area contributed by atoms with Crippen LogP contribution in [0.15, 0.2) is 22.7 Å². The molecule has 84 valence electrons. The van der Waals surface area contributed by atoms with Crippen molar-refractivity contribution in [3.05, 3.63) is 35.4 Å². The van der Waals surface area contributed by atoms with E-state index in [1.807, 2.05) is 6.92 Å². The summed E-state index contributed by atoms with van der Waals surface area (Å²) in [5.41, 5.74) is 1.47. The van der Waals surface area contributed by atoms with Gasteiger partial charge >= 0.3 is 0 Å². The number of halogens is 2. The van der Waals surface area contributed by atoms with Crippen LogP contribution in [0.2, 0.25) is 0 Å². The van der Waals surface area contributed by atoms with Crippen LogP contribution in [-0.4, -0.2) is 10.1 Å². The SMILES string of the molecule is Cc1ccc(F)cc1-c1nc(C(C)Cl)no1. The number of nitrogens with zero attached hydrogens (tertiary/aromatic N) is 2. The van der Waals surface area contributed by atoms with Crippen molar-refractivity contribution < 1.29 is 8.91 Å². The van der Waals surface area contributed by atoms with Gasteiger partial charge in [-0.15, -0.1) is 11.6 Å². The predicted octanol–water partition coefficient (Wildman–Crippen LogP) is 3.48. The lowest BCUT2D eigenvalue weighted by Crippen LogP contribution is -1.88. The fourth-order valence-corrected chi connectivity index (χ4v) is 1.42. The summed E-state index contributed by atoms with van der Waals surface area (Å²) < 4.78 is 18.1. The highest BCUT2D eigenvalue weighted by Gasteiger charge is 2.14. The second-order valence-electron chi connectivity index (χ2n) is 3.53. The second-order valence-corrected chi connectivity index (χ2v) is 4.19. The molecule has 0 saturated heterocycles. The van der Waals surface area contributed by atoms with Crippen molar-refractivity contribution in [1.82, 2.24) is 10.1 Å². The van der Waals surface area contributed by atoms with Crippen LogP contribution in [0.1, 0.15) is 23.7 Å². The quantitative estimate of drug-likeness (QED) is 0.755. The maximum atomic E-state index is 13.1. The smallest absolute Gasteiger partial charge is 0.258 e. The maximum Gasteiger partial charge on any atom is 0.258 e. The van der Waals surface area contributed by atoms with Crippen molar-refractivity contribution in [3.63, 3.8) is 0 Å². The summed E-state index contributed by atoms with van der Waals surface area (Å²) in [5.74, 6) is 0.360. The van der Waals surface area contributed by atoms with Crippen molar-refractivity contribution in [2.45, 2.75) is 19.2 Å². The highest BCUT2D eigenvalue weighted by atomic mass is 35.5. The Balaban J connectivity index is 2.46. The van der Waals surface area contributed by atoms with Gasteiger partial charge in [0.15, 0.2) is 5.82 Å². The summed E-state index contributed by atoms with van der Waals surface area (Å²) in [6.07, 6.45) is 0. The third-order valence-electron chi connectivity index (χ3n) is 2.23. The van der Waals surface area contributed by atoms with Gasteiger partial charge in [0.25, 0.3) is 5.89 Å². The highest BCUT2D eigenvalue weighted by Crippen LogP contribution is 2.25. The number of alkyl halides is 1. The molecule has 0 aliphatic rings. The number of hydrogen-bond donors (Lipinski definition) is 0. The Labute approximate surface area is 97.2 Å². The minimum absolute atomic E-state index is 0.291. The molecule has 0 saturated carbocycles. The van der Waals surface area contributed by atoms with Crippen LogP contribution in [0.25, 0.3) is 11.5 Å². The van der Waals surface area contributed by atoms with Gasteiger partial charge in [0.2, 0.25) is 0 Å². The summed E-state index contributed by atoms with van der Waals surface area (Å²) in [6, 6.07) is 4.42. The number of hydrogen-bond acceptors (Lipinski definition) is 3. The monoisotopic (exact) mass is 240 g/mol. The zero-order valence-electron chi connectivity index (χ0n) is 8.87. The first-order valence-corrected chi connectivity index (χ1v) is 5.26. The zero-order chi connectivity index (χ0) is 11.7. The van der Waals surface area contributed by atoms with Crippen molar-refractivity contribution in [2.24, 2.45) is 0 Å². The lowest BCUT2D eigenvalue weighted by atomic mass is 10.1. The molecule has 3 nitrogen and oxygen atoms in total. The largest absolute Gasteiger partial charge is 0.334 e. The molecule has 0 amide bonds. The molecule has 5 heteroatoms. The van der Waals surface area contributed by atoms with Crippen LogP contribution in [0.3, 0.4) is 0 Å². The van der Waals surface area contributed by atoms with Gasteiger partial charge in [0.05, 0.1) is 5.38 Å². The van der Waals surface area contributed by atoms with E-state index in [0.29, 0.717) is 17.3 Å². The normalized spacial score (nSPS) is 12.8. The number of aryl methyl sites for hydroxylation is 1. The van der Waals surface area contributed by atoms with Crippen LogP contribution in [0.5, 0.6) is 0 Å². The molecular weight excluding hydrogens is 231 g/mol. The van der Waals surface area contributed by atoms with Gasteiger partial charge in [0, 0.05) is 5.56 Å². The third kappa shape index (κ3) is 2.07. The first-order chi connectivity index (χ1) is 7.58. The molecule has 1 aromatic heterocycles. The lowest BCUT2D eigenvalue weighted by molar-refractivity contribution is 0.422. The predicted molar refractivity (Wildman–Crippen MR) is 58.7 cm³/mol. The molecule has 1 heterocycles. The maximum absolute atomic E-state index is 13.1. The van der Waals surface area contributed by atoms with E-state index >= 15 is 0 Å². The van der Waals surface area contributed by atoms with Crippen LogP contribution < -0.4 is 0 Å². The van der Waals surface area contributed by atoms with Gasteiger partial charge < -0.3 is 4.52 Å². The molecule has 1 unspecified atom stereocenters. The van der Waals surface area contributed by atoms with E-state index < -0.39 is 0 Å². The molecule has 0 bridgehead atoms. The molecular formula is C11H10ClFN2O. The standard InChI is InChI=1S/C11H10ClFN2O/c1-6-3-4-8(13)5-9(6)11-14-10(7(2)12)15-16-11/h3-5,7H,1-2H3. The van der Waals surface area contributed by atoms with Crippen LogP contribution >= 0.6 is 11.6 Å². The average molecular weight is 241 g/mol. The van der Waals surface area contributed by atoms with Gasteiger partial charge in [-0.1, -0.05) is 11.2 Å². The summed E-state index contributed by atoms with van der Waals surface area (Å²) in [6.45, 7) is 3.59. The highest BCUT2D eigenvalue weighted by molar-refractivity contribution is 6.20. The van der Waals surface area contributed by atoms with E-state index in [2.05, 4.69) is 10.1 Å². The van der Waals surface area contributed by atoms with Crippen molar-refractivity contribution in [1.29, 1.82) is 0 Å². The Morgan fingerprint density at radius 1 is 1.44 bits per heavy atom. The topological polar surface area (TPSA) is 38.9 Å². The fraction of sp³-hybridized carbons (Fsp3) is 0.273. The Bertz CT molecular complexity index is 510. The van der Waals surface area contributed by atoms with Gasteiger partial charge in [-0.2, -0.15) is 4.98 Å². The molecule has 0 spiro atoms. The Morgan fingerprint density at radius 3 is 2.81 bits per heavy atom. The second kappa shape index (κ2) is 4.22. The van der Waals surface area contributed by atoms with Gasteiger partial charge in [-0.3, -0.25) is 0 Å². The summed E-state index contributed by atoms with van der Waals surface area (Å²) in [4.78, 5) is 4.11. The summed E-state index contributed by atoms with van der Waals surface area (Å²) in [7, 11) is 0. The lowest BCUT2D eigenvalue weighted by Gasteiger charge is -1.99. The van der Waals surface area contributed by atoms with E-state index in [1.165, 1.54) is 12.1 Å². The zero-order valence-corrected chi connectivity index (χ0v) is 9.62. The molecule has 0 N–H and O–H groups in total. The summed E-state index contributed by atoms with van der Waals surface area (Å²) in [5, 5.41) is 3.39. The van der Waals surface area contributed by atoms with Crippen LogP contribution in [0, 0.1) is 12.7 Å². The molecule has 0 radical (unpaired) electrons. The minimum atomic E-state index is -0.334. The van der Waals surface area contributed by atoms with Crippen molar-refractivity contribution in [3.8, 4) is 11.5 Å². The molecule has 2 aromatic rings. The molecule has 1 atom stereocenters. The van der Waals surface area contributed by atoms with E-state index in [-0.39, 0.29) is 11.2 Å². The third-order valence-corrected chi connectivity index (χ3v) is 2.42. The first-order valence-electron chi connectivity index (χ1n) is 4.82. The van der Waals surface area contributed by atoms with E-state index in [0.717, 1.165) is 5.56 Å². The Kier molecular flexibility index (Phi) is 2.92. The molecule has 1 aromatic carbocycles. The van der Waals surface area contributed by atoms with Gasteiger partial charge in [-0.25, -0.2) is 4.39 Å². The molecule has 0 aliphatic carbocycles. The molecule has 16 heavy (non-hydrogen) atoms. The number of benzene rings is 1. The van der Waals surface area contributed by atoms with Crippen molar-refractivity contribution in [2.75, 3.05) is 0 Å². The fourth-order valence-electron chi connectivity index (χ4n) is 1.33. The first kappa shape index (κ1) is 11.1. The minimum Gasteiger partial charge on any atom is -0.334 e. The molecule has 0 aliphatic heterocycles. The van der Waals surface area contributed by atoms with Crippen LogP contribution in [0.4, 0.5) is 4.39 Å². The molecule has 2 rings (SSSR count). The van der Waals surface area contributed by atoms with Crippen LogP contribution in [-0.2, 0) is 0 Å². The van der Waals surface area contributed by atoms with Gasteiger partial charge in [0.1, 0.15) is 5.82 Å². The van der Waals surface area contributed by atoms with E-state index in [1.54, 1.807) is 13.0 Å². The Hall–Kier alpha value is -1.42.